The van der Waals surface area contributed by atoms with Crippen molar-refractivity contribution in [1.82, 2.24) is 9.97 Å². The molecule has 0 unspecified atom stereocenters. The third-order valence-corrected chi connectivity index (χ3v) is 8.46. The maximum Gasteiger partial charge on any atom is 0.0788 e. The molecule has 5 aromatic carbocycles. The minimum atomic E-state index is 1.01. The van der Waals surface area contributed by atoms with E-state index in [0.717, 1.165) is 33.2 Å². The van der Waals surface area contributed by atoms with Crippen LogP contribution in [0.5, 0.6) is 0 Å². The molecule has 0 saturated heterocycles. The third-order valence-electron chi connectivity index (χ3n) is 7.26. The van der Waals surface area contributed by atoms with Gasteiger partial charge in [-0.15, -0.1) is 11.3 Å². The van der Waals surface area contributed by atoms with Crippen LogP contribution in [0, 0.1) is 0 Å². The summed E-state index contributed by atoms with van der Waals surface area (Å²) < 4.78 is 2.59. The molecule has 0 fully saturated rings. The van der Waals surface area contributed by atoms with Crippen LogP contribution in [0.2, 0.25) is 0 Å². The highest BCUT2D eigenvalue weighted by Crippen LogP contribution is 2.47. The Hall–Kier alpha value is -4.60. The maximum atomic E-state index is 5.22. The van der Waals surface area contributed by atoms with Crippen LogP contribution in [0.25, 0.3) is 75.1 Å². The van der Waals surface area contributed by atoms with E-state index in [2.05, 4.69) is 109 Å². The van der Waals surface area contributed by atoms with Gasteiger partial charge in [-0.3, -0.25) is 4.98 Å². The number of hydrogen-bond donors (Lipinski definition) is 0. The van der Waals surface area contributed by atoms with Gasteiger partial charge in [0.1, 0.15) is 0 Å². The van der Waals surface area contributed by atoms with Gasteiger partial charge in [0.2, 0.25) is 0 Å². The molecule has 0 aliphatic rings. The molecule has 0 spiro atoms. The lowest BCUT2D eigenvalue weighted by molar-refractivity contribution is 1.41. The van der Waals surface area contributed by atoms with Crippen molar-refractivity contribution in [3.8, 4) is 22.4 Å². The van der Waals surface area contributed by atoms with Gasteiger partial charge in [-0.05, 0) is 30.3 Å². The number of fused-ring (bicyclic) bond motifs is 8. The van der Waals surface area contributed by atoms with Crippen molar-refractivity contribution in [3.63, 3.8) is 0 Å². The van der Waals surface area contributed by atoms with Gasteiger partial charge in [0.05, 0.1) is 16.7 Å². The first-order valence-electron chi connectivity index (χ1n) is 12.4. The summed E-state index contributed by atoms with van der Waals surface area (Å²) in [5, 5.41) is 7.37. The second-order valence-electron chi connectivity index (χ2n) is 9.41. The number of benzene rings is 5. The van der Waals surface area contributed by atoms with Crippen LogP contribution < -0.4 is 0 Å². The highest BCUT2D eigenvalue weighted by atomic mass is 32.1. The van der Waals surface area contributed by atoms with E-state index in [1.807, 2.05) is 23.6 Å². The van der Waals surface area contributed by atoms with Gasteiger partial charge in [-0.2, -0.15) is 0 Å². The van der Waals surface area contributed by atoms with Crippen molar-refractivity contribution < 1.29 is 0 Å². The Balaban J connectivity index is 1.62. The first-order chi connectivity index (χ1) is 18.3. The molecule has 3 aromatic heterocycles. The van der Waals surface area contributed by atoms with Crippen LogP contribution >= 0.6 is 11.3 Å². The van der Waals surface area contributed by atoms with Crippen LogP contribution in [-0.2, 0) is 0 Å². The fourth-order valence-corrected chi connectivity index (χ4v) is 6.83. The molecule has 37 heavy (non-hydrogen) atoms. The predicted octanol–water partition coefficient (Wildman–Crippen LogP) is 9.64. The SMILES string of the molecule is c1ccc(-c2nc3ccccc3c3c2cc(-c2cnc4ccccc4c2)c2sc4ccccc4c23)cc1. The van der Waals surface area contributed by atoms with Gasteiger partial charge >= 0.3 is 0 Å². The lowest BCUT2D eigenvalue weighted by atomic mass is 9.92. The molecule has 2 nitrogen and oxygen atoms in total. The average molecular weight is 489 g/mol. The van der Waals surface area contributed by atoms with Crippen molar-refractivity contribution in [1.29, 1.82) is 0 Å². The molecule has 8 rings (SSSR count). The normalized spacial score (nSPS) is 11.8. The van der Waals surface area contributed by atoms with Crippen LogP contribution in [0.1, 0.15) is 0 Å². The van der Waals surface area contributed by atoms with E-state index in [4.69, 9.17) is 9.97 Å². The predicted molar refractivity (Wildman–Crippen MR) is 158 cm³/mol. The van der Waals surface area contributed by atoms with Crippen LogP contribution in [0.15, 0.2) is 121 Å². The summed E-state index contributed by atoms with van der Waals surface area (Å²) in [6, 6.07) is 40.8. The van der Waals surface area contributed by atoms with Crippen molar-refractivity contribution >= 4 is 64.1 Å². The highest BCUT2D eigenvalue weighted by Gasteiger charge is 2.20. The Labute approximate surface area is 217 Å². The van der Waals surface area contributed by atoms with Crippen LogP contribution in [-0.4, -0.2) is 9.97 Å². The summed E-state index contributed by atoms with van der Waals surface area (Å²) in [7, 11) is 0. The van der Waals surface area contributed by atoms with Gasteiger partial charge in [-0.25, -0.2) is 4.98 Å². The molecule has 0 amide bonds. The second-order valence-corrected chi connectivity index (χ2v) is 10.5. The van der Waals surface area contributed by atoms with E-state index in [-0.39, 0.29) is 0 Å². The van der Waals surface area contributed by atoms with E-state index in [9.17, 15) is 0 Å². The molecule has 172 valence electrons. The highest BCUT2D eigenvalue weighted by molar-refractivity contribution is 7.26. The number of pyridine rings is 2. The molecule has 3 heterocycles. The molecule has 0 atom stereocenters. The number of rotatable bonds is 2. The minimum Gasteiger partial charge on any atom is -0.256 e. The van der Waals surface area contributed by atoms with Crippen molar-refractivity contribution in [3.05, 3.63) is 121 Å². The summed E-state index contributed by atoms with van der Waals surface area (Å²) >= 11 is 1.87. The second kappa shape index (κ2) is 7.95. The van der Waals surface area contributed by atoms with E-state index in [0.29, 0.717) is 0 Å². The van der Waals surface area contributed by atoms with E-state index >= 15 is 0 Å². The smallest absolute Gasteiger partial charge is 0.0788 e. The zero-order valence-corrected chi connectivity index (χ0v) is 20.7. The molecule has 0 saturated carbocycles. The van der Waals surface area contributed by atoms with Crippen LogP contribution in [0.4, 0.5) is 0 Å². The fourth-order valence-electron chi connectivity index (χ4n) is 5.58. The van der Waals surface area contributed by atoms with Gasteiger partial charge in [0.15, 0.2) is 0 Å². The Kier molecular flexibility index (Phi) is 4.42. The summed E-state index contributed by atoms with van der Waals surface area (Å²) in [4.78, 5) is 10.0. The fraction of sp³-hybridized carbons (Fsp3) is 0. The Morgan fingerprint density at radius 3 is 2.16 bits per heavy atom. The molecule has 8 aromatic rings. The zero-order valence-electron chi connectivity index (χ0n) is 19.8. The summed E-state index contributed by atoms with van der Waals surface area (Å²) in [5.74, 6) is 0. The first kappa shape index (κ1) is 20.6. The molecule has 0 radical (unpaired) electrons. The average Bonchev–Trinajstić information content (AvgIpc) is 3.36. The molecule has 0 aliphatic carbocycles. The quantitative estimate of drug-likeness (QED) is 0.226. The molecule has 0 aliphatic heterocycles. The lowest BCUT2D eigenvalue weighted by Crippen LogP contribution is -1.92. The van der Waals surface area contributed by atoms with E-state index in [1.165, 1.54) is 41.9 Å². The number of aromatic nitrogens is 2. The minimum absolute atomic E-state index is 1.01. The standard InChI is InChI=1S/C34H20N2S/c1-2-10-21(11-3-1)33-27-19-26(23-18-22-12-4-7-15-28(22)35-20-23)34-32(25-14-6-9-17-30(25)37-34)31(27)24-13-5-8-16-29(24)36-33/h1-20H. The molecular weight excluding hydrogens is 468 g/mol. The Morgan fingerprint density at radius 2 is 1.27 bits per heavy atom. The summed E-state index contributed by atoms with van der Waals surface area (Å²) in [6.45, 7) is 0. The van der Waals surface area contributed by atoms with Gasteiger partial charge in [0, 0.05) is 64.6 Å². The largest absolute Gasteiger partial charge is 0.256 e. The third kappa shape index (κ3) is 3.11. The van der Waals surface area contributed by atoms with E-state index in [1.54, 1.807) is 0 Å². The van der Waals surface area contributed by atoms with Gasteiger partial charge < -0.3 is 0 Å². The topological polar surface area (TPSA) is 25.8 Å². The summed E-state index contributed by atoms with van der Waals surface area (Å²) in [5.41, 5.74) is 6.50. The molecule has 3 heteroatoms. The van der Waals surface area contributed by atoms with Crippen molar-refractivity contribution in [2.24, 2.45) is 0 Å². The van der Waals surface area contributed by atoms with Gasteiger partial charge in [-0.1, -0.05) is 84.9 Å². The van der Waals surface area contributed by atoms with E-state index < -0.39 is 0 Å². The Morgan fingerprint density at radius 1 is 0.541 bits per heavy atom. The zero-order chi connectivity index (χ0) is 24.3. The number of hydrogen-bond acceptors (Lipinski definition) is 3. The maximum absolute atomic E-state index is 5.22. The molecule has 0 bridgehead atoms. The van der Waals surface area contributed by atoms with Gasteiger partial charge in [0.25, 0.3) is 0 Å². The van der Waals surface area contributed by atoms with Crippen molar-refractivity contribution in [2.75, 3.05) is 0 Å². The number of thiophene rings is 1. The first-order valence-corrected chi connectivity index (χ1v) is 13.2. The molecular formula is C34H20N2S. The lowest BCUT2D eigenvalue weighted by Gasteiger charge is -2.14. The van der Waals surface area contributed by atoms with Crippen LogP contribution in [0.3, 0.4) is 0 Å². The Bertz CT molecular complexity index is 2140. The monoisotopic (exact) mass is 488 g/mol. The number of nitrogens with zero attached hydrogens (tertiary/aromatic N) is 2. The van der Waals surface area contributed by atoms with Crippen molar-refractivity contribution in [2.45, 2.75) is 0 Å². The summed E-state index contributed by atoms with van der Waals surface area (Å²) in [6.07, 6.45) is 2.02. The number of para-hydroxylation sites is 2. The molecule has 0 N–H and O–H groups in total.